The van der Waals surface area contributed by atoms with Crippen LogP contribution in [0.15, 0.2) is 60.9 Å². The average Bonchev–Trinajstić information content (AvgIpc) is 2.73. The molecule has 0 aliphatic rings. The van der Waals surface area contributed by atoms with Gasteiger partial charge < -0.3 is 5.32 Å². The number of pyridine rings is 1. The van der Waals surface area contributed by atoms with E-state index in [1.165, 1.54) is 0 Å². The van der Waals surface area contributed by atoms with E-state index in [-0.39, 0.29) is 0 Å². The molecule has 0 saturated carbocycles. The third-order valence-electron chi connectivity index (χ3n) is 4.52. The third kappa shape index (κ3) is 3.09. The lowest BCUT2D eigenvalue weighted by atomic mass is 9.97. The van der Waals surface area contributed by atoms with Crippen LogP contribution in [0.4, 0.5) is 5.82 Å². The Bertz CT molecular complexity index is 1160. The van der Waals surface area contributed by atoms with Crippen LogP contribution in [0.2, 0.25) is 0 Å². The Hall–Kier alpha value is -3.78. The number of nitrogens with one attached hydrogen (secondary N) is 1. The van der Waals surface area contributed by atoms with Crippen molar-refractivity contribution < 1.29 is 0 Å². The highest BCUT2D eigenvalue weighted by Gasteiger charge is 2.12. The van der Waals surface area contributed by atoms with Crippen molar-refractivity contribution in [2.45, 2.75) is 6.92 Å². The minimum atomic E-state index is 0.644. The summed E-state index contributed by atoms with van der Waals surface area (Å²) in [5.74, 6) is 1.42. The zero-order chi connectivity index (χ0) is 18.8. The fraction of sp³-hybridized carbons (Fsp3) is 0.0909. The molecule has 2 aromatic carbocycles. The molecule has 0 atom stereocenters. The molecule has 0 bridgehead atoms. The molecule has 27 heavy (non-hydrogen) atoms. The Morgan fingerprint density at radius 3 is 2.48 bits per heavy atom. The van der Waals surface area contributed by atoms with Crippen LogP contribution in [-0.2, 0) is 0 Å². The molecule has 0 aliphatic carbocycles. The molecule has 130 valence electrons. The molecule has 0 aliphatic heterocycles. The number of nitriles is 1. The van der Waals surface area contributed by atoms with Gasteiger partial charge in [-0.3, -0.25) is 4.98 Å². The largest absolute Gasteiger partial charge is 0.373 e. The van der Waals surface area contributed by atoms with Crippen molar-refractivity contribution in [3.05, 3.63) is 72.1 Å². The summed E-state index contributed by atoms with van der Waals surface area (Å²) in [6.45, 7) is 2.07. The van der Waals surface area contributed by atoms with E-state index in [1.807, 2.05) is 43.4 Å². The lowest BCUT2D eigenvalue weighted by Crippen LogP contribution is -2.00. The molecule has 4 rings (SSSR count). The first-order valence-corrected chi connectivity index (χ1v) is 8.60. The summed E-state index contributed by atoms with van der Waals surface area (Å²) in [6.07, 6.45) is 3.50. The van der Waals surface area contributed by atoms with Crippen LogP contribution in [-0.4, -0.2) is 22.0 Å². The maximum Gasteiger partial charge on any atom is 0.163 e. The number of fused-ring (bicyclic) bond motifs is 1. The summed E-state index contributed by atoms with van der Waals surface area (Å²) in [5, 5.41) is 13.1. The fourth-order valence-corrected chi connectivity index (χ4v) is 3.13. The maximum atomic E-state index is 9.00. The van der Waals surface area contributed by atoms with Crippen molar-refractivity contribution in [2.24, 2.45) is 0 Å². The second-order valence-electron chi connectivity index (χ2n) is 6.26. The van der Waals surface area contributed by atoms with E-state index in [0.29, 0.717) is 11.4 Å². The highest BCUT2D eigenvalue weighted by Crippen LogP contribution is 2.32. The quantitative estimate of drug-likeness (QED) is 0.585. The topological polar surface area (TPSA) is 74.5 Å². The number of benzene rings is 2. The van der Waals surface area contributed by atoms with Gasteiger partial charge >= 0.3 is 0 Å². The van der Waals surface area contributed by atoms with Gasteiger partial charge in [-0.05, 0) is 60.0 Å². The number of anilines is 1. The monoisotopic (exact) mass is 351 g/mol. The van der Waals surface area contributed by atoms with E-state index in [9.17, 15) is 0 Å². The van der Waals surface area contributed by atoms with Crippen LogP contribution in [0.1, 0.15) is 11.1 Å². The van der Waals surface area contributed by atoms with Crippen LogP contribution in [0, 0.1) is 18.3 Å². The summed E-state index contributed by atoms with van der Waals surface area (Å²) in [6, 6.07) is 17.8. The van der Waals surface area contributed by atoms with Crippen LogP contribution < -0.4 is 5.32 Å². The van der Waals surface area contributed by atoms with Gasteiger partial charge in [-0.2, -0.15) is 5.26 Å². The first kappa shape index (κ1) is 16.7. The zero-order valence-corrected chi connectivity index (χ0v) is 15.1. The van der Waals surface area contributed by atoms with Crippen molar-refractivity contribution in [1.29, 1.82) is 5.26 Å². The Balaban J connectivity index is 1.90. The molecule has 0 radical (unpaired) electrons. The minimum absolute atomic E-state index is 0.644. The van der Waals surface area contributed by atoms with Gasteiger partial charge in [-0.1, -0.05) is 12.1 Å². The van der Waals surface area contributed by atoms with Gasteiger partial charge in [0.1, 0.15) is 5.82 Å². The summed E-state index contributed by atoms with van der Waals surface area (Å²) in [4.78, 5) is 13.6. The van der Waals surface area contributed by atoms with Gasteiger partial charge in [0, 0.05) is 30.4 Å². The molecule has 5 heteroatoms. The molecule has 0 unspecified atom stereocenters. The van der Waals surface area contributed by atoms with E-state index >= 15 is 0 Å². The van der Waals surface area contributed by atoms with Crippen LogP contribution >= 0.6 is 0 Å². The number of nitrogens with zero attached hydrogens (tertiary/aromatic N) is 4. The van der Waals surface area contributed by atoms with E-state index in [1.54, 1.807) is 12.4 Å². The van der Waals surface area contributed by atoms with E-state index in [0.717, 1.165) is 39.0 Å². The smallest absolute Gasteiger partial charge is 0.163 e. The Labute approximate surface area is 157 Å². The van der Waals surface area contributed by atoms with Gasteiger partial charge in [-0.25, -0.2) is 9.97 Å². The molecule has 5 nitrogen and oxygen atoms in total. The van der Waals surface area contributed by atoms with E-state index < -0.39 is 0 Å². The lowest BCUT2D eigenvalue weighted by molar-refractivity contribution is 1.19. The number of aryl methyl sites for hydroxylation is 1. The summed E-state index contributed by atoms with van der Waals surface area (Å²) in [7, 11) is 1.86. The van der Waals surface area contributed by atoms with Crippen LogP contribution in [0.25, 0.3) is 33.4 Å². The molecule has 4 aromatic rings. The Morgan fingerprint density at radius 1 is 1.00 bits per heavy atom. The van der Waals surface area contributed by atoms with Crippen LogP contribution in [0.5, 0.6) is 0 Å². The first-order valence-electron chi connectivity index (χ1n) is 8.60. The Kier molecular flexibility index (Phi) is 4.23. The number of hydrogen-bond donors (Lipinski definition) is 1. The standard InChI is InChI=1S/C22H17N5/c1-14-10-20-19(11-18(14)16-7-5-15(12-23)6-8-16)22(24-2)27-21(26-20)17-4-3-9-25-13-17/h3-11,13H,1-2H3,(H,24,26,27). The fourth-order valence-electron chi connectivity index (χ4n) is 3.13. The van der Waals surface area contributed by atoms with Gasteiger partial charge in [0.2, 0.25) is 0 Å². The molecule has 2 aromatic heterocycles. The number of hydrogen-bond acceptors (Lipinski definition) is 5. The highest BCUT2D eigenvalue weighted by molar-refractivity contribution is 5.95. The third-order valence-corrected chi connectivity index (χ3v) is 4.52. The first-order chi connectivity index (χ1) is 13.2. The van der Waals surface area contributed by atoms with Gasteiger partial charge in [0.15, 0.2) is 5.82 Å². The predicted molar refractivity (Wildman–Crippen MR) is 107 cm³/mol. The van der Waals surface area contributed by atoms with Crippen molar-refractivity contribution in [1.82, 2.24) is 15.0 Å². The summed E-state index contributed by atoms with van der Waals surface area (Å²) in [5.41, 5.74) is 5.68. The number of rotatable bonds is 3. The zero-order valence-electron chi connectivity index (χ0n) is 15.1. The Morgan fingerprint density at radius 2 is 1.81 bits per heavy atom. The summed E-state index contributed by atoms with van der Waals surface area (Å²) < 4.78 is 0. The second-order valence-corrected chi connectivity index (χ2v) is 6.26. The molecular weight excluding hydrogens is 334 g/mol. The lowest BCUT2D eigenvalue weighted by Gasteiger charge is -2.12. The highest BCUT2D eigenvalue weighted by atomic mass is 15.0. The molecule has 2 heterocycles. The van der Waals surface area contributed by atoms with E-state index in [2.05, 4.69) is 40.4 Å². The average molecular weight is 351 g/mol. The molecule has 0 saturated heterocycles. The van der Waals surface area contributed by atoms with Crippen molar-refractivity contribution >= 4 is 16.7 Å². The second kappa shape index (κ2) is 6.85. The van der Waals surface area contributed by atoms with E-state index in [4.69, 9.17) is 10.2 Å². The molecule has 1 N–H and O–H groups in total. The van der Waals surface area contributed by atoms with Crippen molar-refractivity contribution in [3.63, 3.8) is 0 Å². The van der Waals surface area contributed by atoms with Gasteiger partial charge in [0.25, 0.3) is 0 Å². The van der Waals surface area contributed by atoms with Gasteiger partial charge in [0.05, 0.1) is 17.1 Å². The van der Waals surface area contributed by atoms with Gasteiger partial charge in [-0.15, -0.1) is 0 Å². The summed E-state index contributed by atoms with van der Waals surface area (Å²) >= 11 is 0. The minimum Gasteiger partial charge on any atom is -0.373 e. The molecular formula is C22H17N5. The SMILES string of the molecule is CNc1nc(-c2cccnc2)nc2cc(C)c(-c3ccc(C#N)cc3)cc12. The number of aromatic nitrogens is 3. The van der Waals surface area contributed by atoms with Crippen LogP contribution in [0.3, 0.4) is 0 Å². The maximum absolute atomic E-state index is 9.00. The normalized spacial score (nSPS) is 10.6. The molecule has 0 fully saturated rings. The van der Waals surface area contributed by atoms with Crippen molar-refractivity contribution in [2.75, 3.05) is 12.4 Å². The molecule has 0 amide bonds. The van der Waals surface area contributed by atoms with Crippen molar-refractivity contribution in [3.8, 4) is 28.6 Å². The predicted octanol–water partition coefficient (Wildman–Crippen LogP) is 4.58. The molecule has 0 spiro atoms.